The number of carbonyl (C=O) groups is 2. The second-order valence-corrected chi connectivity index (χ2v) is 7.57. The van der Waals surface area contributed by atoms with Crippen molar-refractivity contribution in [1.82, 2.24) is 0 Å². The van der Waals surface area contributed by atoms with Gasteiger partial charge in [0.15, 0.2) is 0 Å². The van der Waals surface area contributed by atoms with E-state index in [0.717, 1.165) is 14.7 Å². The monoisotopic (exact) mass is 352 g/mol. The lowest BCUT2D eigenvalue weighted by molar-refractivity contribution is 0.0651. The molecular formula is C20H16O4S. The van der Waals surface area contributed by atoms with E-state index in [9.17, 15) is 19.8 Å². The van der Waals surface area contributed by atoms with E-state index in [1.807, 2.05) is 60.7 Å². The number of rotatable bonds is 5. The zero-order valence-electron chi connectivity index (χ0n) is 13.2. The Kier molecular flexibility index (Phi) is 4.86. The van der Waals surface area contributed by atoms with Crippen molar-refractivity contribution in [3.8, 4) is 0 Å². The van der Waals surface area contributed by atoms with Gasteiger partial charge in [0.1, 0.15) is 0 Å². The van der Waals surface area contributed by atoms with E-state index in [0.29, 0.717) is 0 Å². The van der Waals surface area contributed by atoms with Gasteiger partial charge in [-0.25, -0.2) is 9.59 Å². The summed E-state index contributed by atoms with van der Waals surface area (Å²) in [7, 11) is -0.975. The van der Waals surface area contributed by atoms with Crippen LogP contribution in [0.2, 0.25) is 0 Å². The third-order valence-electron chi connectivity index (χ3n) is 3.75. The molecule has 0 saturated heterocycles. The normalized spacial score (nSPS) is 11.0. The molecule has 5 heteroatoms. The number of hydrogen-bond acceptors (Lipinski definition) is 2. The third-order valence-corrected chi connectivity index (χ3v) is 6.17. The average Bonchev–Trinajstić information content (AvgIpc) is 2.63. The average molecular weight is 352 g/mol. The van der Waals surface area contributed by atoms with E-state index < -0.39 is 22.8 Å². The molecule has 0 aliphatic carbocycles. The van der Waals surface area contributed by atoms with E-state index in [2.05, 4.69) is 0 Å². The maximum Gasteiger partial charge on any atom is 0.336 e. The minimum atomic E-state index is -1.24. The molecule has 0 aliphatic rings. The summed E-state index contributed by atoms with van der Waals surface area (Å²) in [5, 5.41) is 18.6. The Bertz CT molecular complexity index is 868. The summed E-state index contributed by atoms with van der Waals surface area (Å²) in [5.74, 6) is -2.48. The zero-order valence-corrected chi connectivity index (χ0v) is 14.1. The molecule has 0 amide bonds. The second-order valence-electron chi connectivity index (χ2n) is 5.35. The van der Waals surface area contributed by atoms with Gasteiger partial charge in [-0.1, -0.05) is 36.4 Å². The third kappa shape index (κ3) is 3.56. The predicted octanol–water partition coefficient (Wildman–Crippen LogP) is 4.56. The van der Waals surface area contributed by atoms with E-state index in [-0.39, 0.29) is 11.1 Å². The minimum absolute atomic E-state index is 0.190. The number of benzene rings is 3. The van der Waals surface area contributed by atoms with E-state index in [1.54, 1.807) is 6.07 Å². The number of hydrogen-bond donors (Lipinski definition) is 3. The van der Waals surface area contributed by atoms with Crippen LogP contribution in [-0.2, 0) is 0 Å². The predicted molar refractivity (Wildman–Crippen MR) is 97.0 cm³/mol. The van der Waals surface area contributed by atoms with Crippen LogP contribution in [0.15, 0.2) is 93.5 Å². The Morgan fingerprint density at radius 1 is 0.600 bits per heavy atom. The summed E-state index contributed by atoms with van der Waals surface area (Å²) in [6.45, 7) is 0. The van der Waals surface area contributed by atoms with Gasteiger partial charge in [0.2, 0.25) is 0 Å². The van der Waals surface area contributed by atoms with Gasteiger partial charge in [-0.3, -0.25) is 0 Å². The minimum Gasteiger partial charge on any atom is -0.478 e. The van der Waals surface area contributed by atoms with Crippen molar-refractivity contribution in [3.63, 3.8) is 0 Å². The molecule has 0 spiro atoms. The molecular weight excluding hydrogens is 336 g/mol. The Hall–Kier alpha value is -3.05. The maximum absolute atomic E-state index is 11.5. The summed E-state index contributed by atoms with van der Waals surface area (Å²) >= 11 is 0. The quantitative estimate of drug-likeness (QED) is 0.589. The van der Waals surface area contributed by atoms with Crippen molar-refractivity contribution in [2.45, 2.75) is 14.7 Å². The van der Waals surface area contributed by atoms with Crippen LogP contribution in [0.3, 0.4) is 0 Å². The molecule has 0 unspecified atom stereocenters. The van der Waals surface area contributed by atoms with Gasteiger partial charge >= 0.3 is 11.9 Å². The molecule has 2 N–H and O–H groups in total. The van der Waals surface area contributed by atoms with E-state index in [1.165, 1.54) is 12.1 Å². The standard InChI is InChI=1S/C20H16O4S/c21-19(22)17-12-11-16(13-18(17)20(23)24)25(14-7-3-1-4-8-14)15-9-5-2-6-10-15/h1-13,25H,(H,21,22)(H,23,24). The van der Waals surface area contributed by atoms with Crippen LogP contribution in [-0.4, -0.2) is 22.2 Å². The molecule has 0 heterocycles. The van der Waals surface area contributed by atoms with Crippen LogP contribution >= 0.6 is 10.9 Å². The first-order valence-electron chi connectivity index (χ1n) is 7.59. The van der Waals surface area contributed by atoms with Gasteiger partial charge in [-0.05, 0) is 57.2 Å². The zero-order chi connectivity index (χ0) is 17.8. The highest BCUT2D eigenvalue weighted by molar-refractivity contribution is 8.17. The van der Waals surface area contributed by atoms with Crippen molar-refractivity contribution in [1.29, 1.82) is 0 Å². The summed E-state index contributed by atoms with van der Waals surface area (Å²) in [4.78, 5) is 25.8. The number of aromatic carboxylic acids is 2. The fourth-order valence-corrected chi connectivity index (χ4v) is 4.95. The molecule has 4 nitrogen and oxygen atoms in total. The topological polar surface area (TPSA) is 74.6 Å². The summed E-state index contributed by atoms with van der Waals surface area (Å²) < 4.78 is 0. The van der Waals surface area contributed by atoms with Crippen LogP contribution in [0.4, 0.5) is 0 Å². The van der Waals surface area contributed by atoms with Crippen LogP contribution in [0, 0.1) is 0 Å². The van der Waals surface area contributed by atoms with Crippen molar-refractivity contribution >= 4 is 22.8 Å². The molecule has 0 radical (unpaired) electrons. The first-order chi connectivity index (χ1) is 12.1. The number of carboxylic acid groups (broad SMARTS) is 2. The second kappa shape index (κ2) is 7.23. The van der Waals surface area contributed by atoms with Gasteiger partial charge < -0.3 is 10.2 Å². The summed E-state index contributed by atoms with van der Waals surface area (Å²) in [6.07, 6.45) is 0. The molecule has 3 aromatic carbocycles. The number of carboxylic acids is 2. The van der Waals surface area contributed by atoms with Gasteiger partial charge in [0, 0.05) is 0 Å². The van der Waals surface area contributed by atoms with Gasteiger partial charge in [-0.15, -0.1) is 0 Å². The largest absolute Gasteiger partial charge is 0.478 e. The van der Waals surface area contributed by atoms with Crippen molar-refractivity contribution in [3.05, 3.63) is 90.0 Å². The van der Waals surface area contributed by atoms with Gasteiger partial charge in [-0.2, -0.15) is 10.9 Å². The van der Waals surface area contributed by atoms with Crippen LogP contribution < -0.4 is 0 Å². The van der Waals surface area contributed by atoms with Gasteiger partial charge in [0.05, 0.1) is 11.1 Å². The highest BCUT2D eigenvalue weighted by Crippen LogP contribution is 2.51. The van der Waals surface area contributed by atoms with Crippen LogP contribution in [0.5, 0.6) is 0 Å². The molecule has 0 saturated carbocycles. The molecule has 0 bridgehead atoms. The Morgan fingerprint density at radius 3 is 1.52 bits per heavy atom. The Labute approximate surface area is 147 Å². The smallest absolute Gasteiger partial charge is 0.336 e. The number of thiol groups is 1. The summed E-state index contributed by atoms with van der Waals surface area (Å²) in [5.41, 5.74) is -0.392. The molecule has 126 valence electrons. The van der Waals surface area contributed by atoms with Gasteiger partial charge in [0.25, 0.3) is 0 Å². The van der Waals surface area contributed by atoms with Crippen molar-refractivity contribution < 1.29 is 19.8 Å². The molecule has 0 aliphatic heterocycles. The fraction of sp³-hybridized carbons (Fsp3) is 0. The van der Waals surface area contributed by atoms with Crippen molar-refractivity contribution in [2.24, 2.45) is 0 Å². The highest BCUT2D eigenvalue weighted by Gasteiger charge is 2.20. The fourth-order valence-electron chi connectivity index (χ4n) is 2.64. The molecule has 0 aromatic heterocycles. The first-order valence-corrected chi connectivity index (χ1v) is 8.93. The van der Waals surface area contributed by atoms with Crippen LogP contribution in [0.25, 0.3) is 0 Å². The lowest BCUT2D eigenvalue weighted by Crippen LogP contribution is -2.08. The molecule has 0 atom stereocenters. The Balaban J connectivity index is 2.19. The highest BCUT2D eigenvalue weighted by atomic mass is 32.2. The van der Waals surface area contributed by atoms with Crippen LogP contribution in [0.1, 0.15) is 20.7 Å². The SMILES string of the molecule is O=C(O)c1ccc([SH](c2ccccc2)c2ccccc2)cc1C(=O)O. The van der Waals surface area contributed by atoms with E-state index >= 15 is 0 Å². The molecule has 3 aromatic rings. The summed E-state index contributed by atoms with van der Waals surface area (Å²) in [6, 6.07) is 24.2. The molecule has 0 fully saturated rings. The van der Waals surface area contributed by atoms with Crippen molar-refractivity contribution in [2.75, 3.05) is 0 Å². The first kappa shape index (κ1) is 16.8. The lowest BCUT2D eigenvalue weighted by Gasteiger charge is -2.24. The molecule has 3 rings (SSSR count). The molecule has 25 heavy (non-hydrogen) atoms. The van der Waals surface area contributed by atoms with E-state index in [4.69, 9.17) is 0 Å². The lowest BCUT2D eigenvalue weighted by atomic mass is 10.1. The maximum atomic E-state index is 11.5. The Morgan fingerprint density at radius 2 is 1.08 bits per heavy atom.